The van der Waals surface area contributed by atoms with Gasteiger partial charge in [0.15, 0.2) is 0 Å². The van der Waals surface area contributed by atoms with Crippen LogP contribution in [0.25, 0.3) is 0 Å². The van der Waals surface area contributed by atoms with E-state index in [9.17, 15) is 5.11 Å². The Morgan fingerprint density at radius 3 is 2.55 bits per heavy atom. The number of rotatable bonds is 11. The summed E-state index contributed by atoms with van der Waals surface area (Å²) in [5, 5.41) is 10.6. The molecular formula is C19H29NO2. The van der Waals surface area contributed by atoms with Gasteiger partial charge in [0.05, 0.1) is 12.7 Å². The first-order valence-electron chi connectivity index (χ1n) is 7.97. The predicted molar refractivity (Wildman–Crippen MR) is 93.4 cm³/mol. The summed E-state index contributed by atoms with van der Waals surface area (Å²) in [4.78, 5) is 2.20. The zero-order chi connectivity index (χ0) is 16.4. The zero-order valence-electron chi connectivity index (χ0n) is 13.9. The van der Waals surface area contributed by atoms with E-state index < -0.39 is 6.10 Å². The van der Waals surface area contributed by atoms with Crippen LogP contribution in [-0.2, 0) is 0 Å². The minimum atomic E-state index is -0.524. The maximum Gasteiger partial charge on any atom is 0.125 e. The van der Waals surface area contributed by atoms with Crippen molar-refractivity contribution in [2.45, 2.75) is 32.8 Å². The van der Waals surface area contributed by atoms with Gasteiger partial charge in [0.25, 0.3) is 0 Å². The SMILES string of the molecule is C=CCN(CC=C)CCC(O)c1cc(C)ccc1OCCC. The lowest BCUT2D eigenvalue weighted by atomic mass is 10.0. The van der Waals surface area contributed by atoms with Gasteiger partial charge in [0.1, 0.15) is 5.75 Å². The summed E-state index contributed by atoms with van der Waals surface area (Å²) in [6.45, 7) is 14.7. The highest BCUT2D eigenvalue weighted by molar-refractivity contribution is 5.38. The van der Waals surface area contributed by atoms with Gasteiger partial charge in [0, 0.05) is 25.2 Å². The first-order chi connectivity index (χ1) is 10.6. The molecule has 1 aromatic rings. The van der Waals surface area contributed by atoms with Gasteiger partial charge in [-0.25, -0.2) is 0 Å². The molecule has 0 saturated heterocycles. The molecule has 0 amide bonds. The summed E-state index contributed by atoms with van der Waals surface area (Å²) >= 11 is 0. The molecule has 3 nitrogen and oxygen atoms in total. The van der Waals surface area contributed by atoms with Crippen LogP contribution in [0.1, 0.15) is 37.0 Å². The van der Waals surface area contributed by atoms with Crippen LogP contribution in [0.5, 0.6) is 5.75 Å². The summed E-state index contributed by atoms with van der Waals surface area (Å²) in [6.07, 6.45) is 4.84. The number of hydrogen-bond donors (Lipinski definition) is 1. The molecule has 0 aromatic heterocycles. The molecule has 1 rings (SSSR count). The third-order valence-electron chi connectivity index (χ3n) is 3.48. The molecule has 122 valence electrons. The minimum Gasteiger partial charge on any atom is -0.493 e. The highest BCUT2D eigenvalue weighted by Gasteiger charge is 2.15. The number of hydrogen-bond acceptors (Lipinski definition) is 3. The molecule has 0 saturated carbocycles. The highest BCUT2D eigenvalue weighted by Crippen LogP contribution is 2.28. The molecule has 0 aliphatic heterocycles. The maximum atomic E-state index is 10.6. The fourth-order valence-electron chi connectivity index (χ4n) is 2.35. The lowest BCUT2D eigenvalue weighted by Gasteiger charge is -2.22. The molecule has 0 heterocycles. The second-order valence-corrected chi connectivity index (χ2v) is 5.53. The van der Waals surface area contributed by atoms with E-state index in [1.807, 2.05) is 37.3 Å². The minimum absolute atomic E-state index is 0.524. The number of ether oxygens (including phenoxy) is 1. The normalized spacial score (nSPS) is 12.2. The second-order valence-electron chi connectivity index (χ2n) is 5.53. The van der Waals surface area contributed by atoms with E-state index in [0.717, 1.165) is 42.9 Å². The molecule has 0 aliphatic rings. The Kier molecular flexibility index (Phi) is 8.56. The zero-order valence-corrected chi connectivity index (χ0v) is 13.9. The number of nitrogens with zero attached hydrogens (tertiary/aromatic N) is 1. The Morgan fingerprint density at radius 2 is 1.95 bits per heavy atom. The summed E-state index contributed by atoms with van der Waals surface area (Å²) in [6, 6.07) is 5.98. The first-order valence-corrected chi connectivity index (χ1v) is 7.97. The number of benzene rings is 1. The van der Waals surface area contributed by atoms with Crippen LogP contribution in [-0.4, -0.2) is 36.2 Å². The van der Waals surface area contributed by atoms with E-state index in [0.29, 0.717) is 13.0 Å². The molecule has 1 N–H and O–H groups in total. The van der Waals surface area contributed by atoms with Crippen LogP contribution in [0, 0.1) is 6.92 Å². The maximum absolute atomic E-state index is 10.6. The molecular weight excluding hydrogens is 274 g/mol. The smallest absolute Gasteiger partial charge is 0.125 e. The highest BCUT2D eigenvalue weighted by atomic mass is 16.5. The predicted octanol–water partition coefficient (Wildman–Crippen LogP) is 3.88. The standard InChI is InChI=1S/C19H29NO2/c1-5-11-20(12-6-2)13-10-18(21)17-15-16(4)8-9-19(17)22-14-7-3/h5-6,8-9,15,18,21H,1-2,7,10-14H2,3-4H3. The molecule has 0 fully saturated rings. The van der Waals surface area contributed by atoms with Gasteiger partial charge in [-0.3, -0.25) is 4.90 Å². The number of aryl methyl sites for hydroxylation is 1. The van der Waals surface area contributed by atoms with Crippen LogP contribution < -0.4 is 4.74 Å². The number of aliphatic hydroxyl groups is 1. The average molecular weight is 303 g/mol. The fourth-order valence-corrected chi connectivity index (χ4v) is 2.35. The lowest BCUT2D eigenvalue weighted by molar-refractivity contribution is 0.143. The molecule has 3 heteroatoms. The Labute approximate surface area is 134 Å². The average Bonchev–Trinajstić information content (AvgIpc) is 2.51. The van der Waals surface area contributed by atoms with Crippen LogP contribution >= 0.6 is 0 Å². The van der Waals surface area contributed by atoms with E-state index in [4.69, 9.17) is 4.74 Å². The topological polar surface area (TPSA) is 32.7 Å². The van der Waals surface area contributed by atoms with E-state index in [2.05, 4.69) is 25.0 Å². The third kappa shape index (κ3) is 6.04. The lowest BCUT2D eigenvalue weighted by Crippen LogP contribution is -2.26. The quantitative estimate of drug-likeness (QED) is 0.630. The van der Waals surface area contributed by atoms with Gasteiger partial charge in [-0.15, -0.1) is 13.2 Å². The monoisotopic (exact) mass is 303 g/mol. The molecule has 1 aromatic carbocycles. The largest absolute Gasteiger partial charge is 0.493 e. The molecule has 1 unspecified atom stereocenters. The van der Waals surface area contributed by atoms with Crippen molar-refractivity contribution in [1.82, 2.24) is 4.90 Å². The Morgan fingerprint density at radius 1 is 1.27 bits per heavy atom. The Hall–Kier alpha value is -1.58. The molecule has 22 heavy (non-hydrogen) atoms. The number of aliphatic hydroxyl groups excluding tert-OH is 1. The first kappa shape index (κ1) is 18.5. The molecule has 1 atom stereocenters. The van der Waals surface area contributed by atoms with E-state index >= 15 is 0 Å². The van der Waals surface area contributed by atoms with Crippen molar-refractivity contribution in [3.8, 4) is 5.75 Å². The van der Waals surface area contributed by atoms with Crippen molar-refractivity contribution in [3.05, 3.63) is 54.6 Å². The van der Waals surface area contributed by atoms with Gasteiger partial charge in [-0.1, -0.05) is 30.7 Å². The summed E-state index contributed by atoms with van der Waals surface area (Å²) in [5.41, 5.74) is 2.01. The van der Waals surface area contributed by atoms with Crippen LogP contribution in [0.3, 0.4) is 0 Å². The van der Waals surface area contributed by atoms with E-state index in [1.54, 1.807) is 0 Å². The van der Waals surface area contributed by atoms with Gasteiger partial charge < -0.3 is 9.84 Å². The fraction of sp³-hybridized carbons (Fsp3) is 0.474. The van der Waals surface area contributed by atoms with Gasteiger partial charge in [-0.05, 0) is 31.9 Å². The summed E-state index contributed by atoms with van der Waals surface area (Å²) < 4.78 is 5.76. The van der Waals surface area contributed by atoms with Crippen molar-refractivity contribution in [2.24, 2.45) is 0 Å². The summed E-state index contributed by atoms with van der Waals surface area (Å²) in [5.74, 6) is 0.791. The summed E-state index contributed by atoms with van der Waals surface area (Å²) in [7, 11) is 0. The second kappa shape index (κ2) is 10.2. The van der Waals surface area contributed by atoms with Crippen molar-refractivity contribution in [3.63, 3.8) is 0 Å². The molecule has 0 spiro atoms. The molecule has 0 radical (unpaired) electrons. The van der Waals surface area contributed by atoms with Crippen molar-refractivity contribution >= 4 is 0 Å². The van der Waals surface area contributed by atoms with Gasteiger partial charge in [0.2, 0.25) is 0 Å². The van der Waals surface area contributed by atoms with E-state index in [-0.39, 0.29) is 0 Å². The van der Waals surface area contributed by atoms with Crippen LogP contribution in [0.15, 0.2) is 43.5 Å². The Bertz CT molecular complexity index is 461. The van der Waals surface area contributed by atoms with Gasteiger partial charge >= 0.3 is 0 Å². The van der Waals surface area contributed by atoms with Crippen LogP contribution in [0.2, 0.25) is 0 Å². The van der Waals surface area contributed by atoms with Crippen LogP contribution in [0.4, 0.5) is 0 Å². The third-order valence-corrected chi connectivity index (χ3v) is 3.48. The van der Waals surface area contributed by atoms with E-state index in [1.165, 1.54) is 0 Å². The van der Waals surface area contributed by atoms with Crippen molar-refractivity contribution < 1.29 is 9.84 Å². The molecule has 0 aliphatic carbocycles. The molecule has 0 bridgehead atoms. The Balaban J connectivity index is 2.73. The van der Waals surface area contributed by atoms with Gasteiger partial charge in [-0.2, -0.15) is 0 Å². The van der Waals surface area contributed by atoms with Crippen molar-refractivity contribution in [1.29, 1.82) is 0 Å². The van der Waals surface area contributed by atoms with Crippen molar-refractivity contribution in [2.75, 3.05) is 26.2 Å².